The minimum Gasteiger partial charge on any atom is -0.507 e. The Bertz CT molecular complexity index is 1320. The van der Waals surface area contributed by atoms with Crippen LogP contribution in [0.15, 0.2) is 45.5 Å². The number of phenolic OH excluding ortho intramolecular Hbond substituents is 1. The average Bonchev–Trinajstić information content (AvgIpc) is 2.69. The second-order valence-corrected chi connectivity index (χ2v) is 8.61. The fourth-order valence-electron chi connectivity index (χ4n) is 3.62. The van der Waals surface area contributed by atoms with Crippen LogP contribution in [0.3, 0.4) is 0 Å². The largest absolute Gasteiger partial charge is 0.507 e. The normalized spacial score (nSPS) is 14.2. The van der Waals surface area contributed by atoms with Crippen LogP contribution in [0.4, 0.5) is 0 Å². The van der Waals surface area contributed by atoms with Crippen LogP contribution in [0.5, 0.6) is 17.2 Å². The third-order valence-electron chi connectivity index (χ3n) is 5.38. The molecule has 0 radical (unpaired) electrons. The number of aromatic hydroxyl groups is 2. The highest BCUT2D eigenvalue weighted by atomic mass is 16.5. The molecule has 6 nitrogen and oxygen atoms in total. The first kappa shape index (κ1) is 20.7. The molecule has 0 aliphatic carbocycles. The number of hydrogen-bond acceptors (Lipinski definition) is 6. The van der Waals surface area contributed by atoms with Gasteiger partial charge in [-0.3, -0.25) is 9.78 Å². The van der Waals surface area contributed by atoms with Gasteiger partial charge in [0.15, 0.2) is 5.58 Å². The van der Waals surface area contributed by atoms with Gasteiger partial charge in [0.2, 0.25) is 5.43 Å². The molecule has 2 aromatic heterocycles. The van der Waals surface area contributed by atoms with Gasteiger partial charge in [-0.1, -0.05) is 11.6 Å². The molecule has 0 bridgehead atoms. The van der Waals surface area contributed by atoms with Gasteiger partial charge in [-0.15, -0.1) is 0 Å². The van der Waals surface area contributed by atoms with E-state index in [9.17, 15) is 15.0 Å². The van der Waals surface area contributed by atoms with Crippen molar-refractivity contribution in [3.63, 3.8) is 0 Å². The van der Waals surface area contributed by atoms with E-state index in [1.165, 1.54) is 18.5 Å². The van der Waals surface area contributed by atoms with Crippen LogP contribution in [0, 0.1) is 6.92 Å². The van der Waals surface area contributed by atoms with Crippen molar-refractivity contribution in [2.75, 3.05) is 0 Å². The molecule has 1 aromatic carbocycles. The Morgan fingerprint density at radius 3 is 2.68 bits per heavy atom. The molecule has 1 aliphatic rings. The summed E-state index contributed by atoms with van der Waals surface area (Å²) in [7, 11) is 0. The molecular weight excluding hydrogens is 394 g/mol. The zero-order valence-corrected chi connectivity index (χ0v) is 18.2. The average molecular weight is 419 g/mol. The summed E-state index contributed by atoms with van der Waals surface area (Å²) in [6.45, 7) is 9.46. The molecule has 4 rings (SSSR count). The number of rotatable bonds is 3. The maximum absolute atomic E-state index is 13.4. The van der Waals surface area contributed by atoms with E-state index in [0.717, 1.165) is 5.57 Å². The second kappa shape index (κ2) is 7.30. The summed E-state index contributed by atoms with van der Waals surface area (Å²) in [6, 6.07) is 1.46. The highest BCUT2D eigenvalue weighted by molar-refractivity contribution is 5.97. The maximum atomic E-state index is 13.4. The lowest BCUT2D eigenvalue weighted by Gasteiger charge is -2.30. The van der Waals surface area contributed by atoms with Gasteiger partial charge < -0.3 is 19.4 Å². The van der Waals surface area contributed by atoms with E-state index in [0.29, 0.717) is 34.6 Å². The molecule has 0 saturated carbocycles. The number of allylic oxidation sites excluding steroid dienone is 2. The Balaban J connectivity index is 2.05. The number of aromatic nitrogens is 1. The number of pyridine rings is 1. The summed E-state index contributed by atoms with van der Waals surface area (Å²) in [6.07, 6.45) is 8.98. The smallest absolute Gasteiger partial charge is 0.204 e. The maximum Gasteiger partial charge on any atom is 0.204 e. The minimum absolute atomic E-state index is 0.0190. The second-order valence-electron chi connectivity index (χ2n) is 8.61. The minimum atomic E-state index is -0.557. The lowest BCUT2D eigenvalue weighted by atomic mass is 9.94. The summed E-state index contributed by atoms with van der Waals surface area (Å²) in [4.78, 5) is 17.6. The fourth-order valence-corrected chi connectivity index (χ4v) is 3.62. The molecule has 3 aromatic rings. The monoisotopic (exact) mass is 419 g/mol. The number of aryl methyl sites for hydroxylation is 1. The highest BCUT2D eigenvalue weighted by Gasteiger charge is 2.30. The Morgan fingerprint density at radius 2 is 2.00 bits per heavy atom. The van der Waals surface area contributed by atoms with Crippen molar-refractivity contribution in [2.24, 2.45) is 0 Å². The Hall–Kier alpha value is -3.54. The molecule has 0 fully saturated rings. The van der Waals surface area contributed by atoms with Gasteiger partial charge in [-0.25, -0.2) is 0 Å². The molecule has 160 valence electrons. The Kier molecular flexibility index (Phi) is 4.88. The zero-order valence-electron chi connectivity index (χ0n) is 18.2. The molecule has 3 heterocycles. The van der Waals surface area contributed by atoms with Crippen molar-refractivity contribution in [3.05, 3.63) is 63.3 Å². The van der Waals surface area contributed by atoms with Gasteiger partial charge in [-0.2, -0.15) is 0 Å². The van der Waals surface area contributed by atoms with Gasteiger partial charge >= 0.3 is 0 Å². The fraction of sp³-hybridized carbons (Fsp3) is 0.280. The third kappa shape index (κ3) is 3.58. The molecule has 0 amide bonds. The van der Waals surface area contributed by atoms with Gasteiger partial charge in [0.1, 0.15) is 34.5 Å². The quantitative estimate of drug-likeness (QED) is 0.562. The topological polar surface area (TPSA) is 92.8 Å². The van der Waals surface area contributed by atoms with E-state index in [-0.39, 0.29) is 28.0 Å². The van der Waals surface area contributed by atoms with Crippen LogP contribution in [0.25, 0.3) is 28.2 Å². The van der Waals surface area contributed by atoms with E-state index >= 15 is 0 Å². The molecule has 6 heteroatoms. The lowest BCUT2D eigenvalue weighted by Crippen LogP contribution is -2.28. The van der Waals surface area contributed by atoms with Crippen LogP contribution in [-0.4, -0.2) is 20.8 Å². The number of phenols is 1. The van der Waals surface area contributed by atoms with E-state index in [1.807, 2.05) is 45.9 Å². The highest BCUT2D eigenvalue weighted by Crippen LogP contribution is 2.44. The van der Waals surface area contributed by atoms with E-state index in [4.69, 9.17) is 9.15 Å². The SMILES string of the molecule is CC(C)=CCc1c2c(c3occ(-c4cnc(C)c(O)c4)c(=O)c3c1O)C=CC(C)(C)O2. The van der Waals surface area contributed by atoms with Crippen LogP contribution in [-0.2, 0) is 6.42 Å². The summed E-state index contributed by atoms with van der Waals surface area (Å²) in [5.74, 6) is 0.340. The third-order valence-corrected chi connectivity index (χ3v) is 5.38. The number of nitrogens with zero attached hydrogens (tertiary/aromatic N) is 1. The number of fused-ring (bicyclic) bond motifs is 3. The molecule has 1 aliphatic heterocycles. The number of ether oxygens (including phenoxy) is 1. The van der Waals surface area contributed by atoms with E-state index < -0.39 is 11.0 Å². The summed E-state index contributed by atoms with van der Waals surface area (Å²) >= 11 is 0. The summed E-state index contributed by atoms with van der Waals surface area (Å²) < 4.78 is 12.0. The standard InChI is InChI=1S/C25H25NO5/c1-13(2)6-7-16-21(28)20-22(29)18(15-10-19(27)14(3)26-11-15)12-30-24(20)17-8-9-25(4,5)31-23(16)17/h6,8-12,27-28H,7H2,1-5H3. The lowest BCUT2D eigenvalue weighted by molar-refractivity contribution is 0.157. The van der Waals surface area contributed by atoms with Crippen molar-refractivity contribution in [2.45, 2.75) is 46.6 Å². The van der Waals surface area contributed by atoms with Crippen LogP contribution in [0.1, 0.15) is 44.5 Å². The zero-order chi connectivity index (χ0) is 22.5. The molecular formula is C25H25NO5. The summed E-state index contributed by atoms with van der Waals surface area (Å²) in [5.41, 5.74) is 2.63. The van der Waals surface area contributed by atoms with E-state index in [1.54, 1.807) is 6.92 Å². The first-order valence-corrected chi connectivity index (χ1v) is 10.1. The first-order valence-electron chi connectivity index (χ1n) is 10.1. The molecule has 0 saturated heterocycles. The predicted molar refractivity (Wildman–Crippen MR) is 121 cm³/mol. The molecule has 31 heavy (non-hydrogen) atoms. The summed E-state index contributed by atoms with van der Waals surface area (Å²) in [5, 5.41) is 21.3. The van der Waals surface area contributed by atoms with Crippen molar-refractivity contribution in [1.82, 2.24) is 4.98 Å². The molecule has 0 atom stereocenters. The van der Waals surface area contributed by atoms with E-state index in [2.05, 4.69) is 4.98 Å². The predicted octanol–water partition coefficient (Wildman–Crippen LogP) is 5.27. The molecule has 2 N–H and O–H groups in total. The van der Waals surface area contributed by atoms with Crippen LogP contribution in [0.2, 0.25) is 0 Å². The van der Waals surface area contributed by atoms with Crippen LogP contribution >= 0.6 is 0 Å². The van der Waals surface area contributed by atoms with Gasteiger partial charge in [0.05, 0.1) is 16.8 Å². The van der Waals surface area contributed by atoms with Gasteiger partial charge in [0.25, 0.3) is 0 Å². The Labute approximate surface area is 180 Å². The Morgan fingerprint density at radius 1 is 1.26 bits per heavy atom. The van der Waals surface area contributed by atoms with Crippen molar-refractivity contribution >= 4 is 17.0 Å². The molecule has 0 spiro atoms. The van der Waals surface area contributed by atoms with Crippen molar-refractivity contribution in [3.8, 4) is 28.4 Å². The van der Waals surface area contributed by atoms with Gasteiger partial charge in [0, 0.05) is 17.3 Å². The van der Waals surface area contributed by atoms with Crippen molar-refractivity contribution in [1.29, 1.82) is 0 Å². The number of hydrogen-bond donors (Lipinski definition) is 2. The van der Waals surface area contributed by atoms with Crippen LogP contribution < -0.4 is 10.2 Å². The number of benzene rings is 1. The van der Waals surface area contributed by atoms with Gasteiger partial charge in [-0.05, 0) is 59.3 Å². The van der Waals surface area contributed by atoms with Crippen molar-refractivity contribution < 1.29 is 19.4 Å². The molecule has 0 unspecified atom stereocenters. The first-order chi connectivity index (χ1) is 14.6.